The van der Waals surface area contributed by atoms with Gasteiger partial charge >= 0.3 is 0 Å². The second kappa shape index (κ2) is 7.08. The van der Waals surface area contributed by atoms with Gasteiger partial charge in [0, 0.05) is 5.75 Å². The van der Waals surface area contributed by atoms with Gasteiger partial charge in [-0.3, -0.25) is 0 Å². The van der Waals surface area contributed by atoms with Crippen molar-refractivity contribution in [1.29, 1.82) is 0 Å². The molecule has 0 bridgehead atoms. The summed E-state index contributed by atoms with van der Waals surface area (Å²) in [5.74, 6) is 2.29. The zero-order valence-corrected chi connectivity index (χ0v) is 6.04. The Morgan fingerprint density at radius 2 is 2.50 bits per heavy atom. The number of isocyanates is 1. The van der Waals surface area contributed by atoms with Crippen molar-refractivity contribution in [3.8, 4) is 0 Å². The van der Waals surface area contributed by atoms with Crippen molar-refractivity contribution in [2.75, 3.05) is 17.4 Å². The summed E-state index contributed by atoms with van der Waals surface area (Å²) in [7, 11) is 0. The Kier molecular flexibility index (Phi) is 7.15. The van der Waals surface area contributed by atoms with Gasteiger partial charge in [0.1, 0.15) is 0 Å². The maximum atomic E-state index is 9.44. The first-order chi connectivity index (χ1) is 3.91. The van der Waals surface area contributed by atoms with E-state index in [1.54, 1.807) is 11.8 Å². The van der Waals surface area contributed by atoms with E-state index in [0.29, 0.717) is 5.88 Å². The fraction of sp³-hybridized carbons (Fsp3) is 0.750. The molecule has 0 N–H and O–H groups in total. The highest BCUT2D eigenvalue weighted by atomic mass is 32.2. The van der Waals surface area contributed by atoms with E-state index in [1.807, 2.05) is 0 Å². The molecule has 0 unspecified atom stereocenters. The van der Waals surface area contributed by atoms with Crippen molar-refractivity contribution >= 4 is 30.5 Å². The van der Waals surface area contributed by atoms with Crippen LogP contribution in [0.1, 0.15) is 0 Å². The zero-order valence-electron chi connectivity index (χ0n) is 4.33. The van der Waals surface area contributed by atoms with E-state index < -0.39 is 0 Å². The number of rotatable bonds is 4. The van der Waals surface area contributed by atoms with Crippen LogP contribution in [0.4, 0.5) is 0 Å². The minimum atomic E-state index is 0.518. The molecule has 46 valence electrons. The van der Waals surface area contributed by atoms with Crippen LogP contribution >= 0.6 is 24.4 Å². The minimum Gasteiger partial charge on any atom is -0.211 e. The quantitative estimate of drug-likeness (QED) is 0.279. The van der Waals surface area contributed by atoms with Gasteiger partial charge in [-0.05, 0) is 5.75 Å². The number of hydrogen-bond acceptors (Lipinski definition) is 4. The molecule has 2 nitrogen and oxygen atoms in total. The van der Waals surface area contributed by atoms with Crippen molar-refractivity contribution in [2.45, 2.75) is 0 Å². The lowest BCUT2D eigenvalue weighted by molar-refractivity contribution is 0.564. The first-order valence-electron chi connectivity index (χ1n) is 2.14. The zero-order chi connectivity index (χ0) is 6.24. The van der Waals surface area contributed by atoms with Gasteiger partial charge in [-0.2, -0.15) is 17.6 Å². The molecule has 0 aliphatic rings. The SMILES string of the molecule is O=C=NCSCCS. The first-order valence-corrected chi connectivity index (χ1v) is 3.92. The molecule has 0 aliphatic carbocycles. The standard InChI is InChI=1S/C4H7NOS2/c6-3-5-4-8-2-1-7/h7H,1-2,4H2. The Hall–Kier alpha value is 0.0800. The Bertz CT molecular complexity index is 90.0. The van der Waals surface area contributed by atoms with Crippen LogP contribution in [0.5, 0.6) is 0 Å². The minimum absolute atomic E-state index is 0.518. The van der Waals surface area contributed by atoms with Gasteiger partial charge in [0.25, 0.3) is 0 Å². The molecule has 0 saturated carbocycles. The van der Waals surface area contributed by atoms with Gasteiger partial charge in [0.15, 0.2) is 0 Å². The van der Waals surface area contributed by atoms with Crippen LogP contribution in [0.15, 0.2) is 4.99 Å². The molecular formula is C4H7NOS2. The summed E-state index contributed by atoms with van der Waals surface area (Å²) in [6.45, 7) is 0. The predicted octanol–water partition coefficient (Wildman–Crippen LogP) is 0.943. The van der Waals surface area contributed by atoms with Gasteiger partial charge in [-0.25, -0.2) is 4.79 Å². The van der Waals surface area contributed by atoms with Crippen molar-refractivity contribution in [1.82, 2.24) is 0 Å². The number of aliphatic imine (C=N–C) groups is 1. The number of thiol groups is 1. The summed E-state index contributed by atoms with van der Waals surface area (Å²) >= 11 is 5.53. The van der Waals surface area contributed by atoms with E-state index in [1.165, 1.54) is 6.08 Å². The molecule has 0 fully saturated rings. The van der Waals surface area contributed by atoms with Crippen LogP contribution in [0.2, 0.25) is 0 Å². The van der Waals surface area contributed by atoms with E-state index in [9.17, 15) is 4.79 Å². The smallest absolute Gasteiger partial charge is 0.211 e. The summed E-state index contributed by atoms with van der Waals surface area (Å²) in [5, 5.41) is 0. The van der Waals surface area contributed by atoms with Gasteiger partial charge < -0.3 is 0 Å². The average Bonchev–Trinajstić information content (AvgIpc) is 1.81. The third-order valence-electron chi connectivity index (χ3n) is 0.456. The largest absolute Gasteiger partial charge is 0.235 e. The third kappa shape index (κ3) is 6.08. The highest BCUT2D eigenvalue weighted by Gasteiger charge is 1.79. The van der Waals surface area contributed by atoms with E-state index in [0.717, 1.165) is 11.5 Å². The molecule has 0 aromatic carbocycles. The average molecular weight is 149 g/mol. The van der Waals surface area contributed by atoms with E-state index in [2.05, 4.69) is 17.6 Å². The molecule has 0 aliphatic heterocycles. The van der Waals surface area contributed by atoms with Gasteiger partial charge in [-0.15, -0.1) is 11.8 Å². The summed E-state index contributed by atoms with van der Waals surface area (Å²) in [6, 6.07) is 0. The third-order valence-corrected chi connectivity index (χ3v) is 1.79. The van der Waals surface area contributed by atoms with Crippen molar-refractivity contribution in [3.05, 3.63) is 0 Å². The van der Waals surface area contributed by atoms with Crippen molar-refractivity contribution < 1.29 is 4.79 Å². The molecule has 0 radical (unpaired) electrons. The van der Waals surface area contributed by atoms with Crippen LogP contribution in [0.3, 0.4) is 0 Å². The maximum absolute atomic E-state index is 9.44. The summed E-state index contributed by atoms with van der Waals surface area (Å²) in [6.07, 6.45) is 1.46. The number of nitrogens with zero attached hydrogens (tertiary/aromatic N) is 1. The predicted molar refractivity (Wildman–Crippen MR) is 39.3 cm³/mol. The van der Waals surface area contributed by atoms with E-state index >= 15 is 0 Å². The van der Waals surface area contributed by atoms with Crippen LogP contribution in [0, 0.1) is 0 Å². The van der Waals surface area contributed by atoms with Crippen LogP contribution < -0.4 is 0 Å². The van der Waals surface area contributed by atoms with Crippen LogP contribution in [0.25, 0.3) is 0 Å². The molecule has 0 aromatic heterocycles. The fourth-order valence-corrected chi connectivity index (χ4v) is 0.991. The molecule has 4 heteroatoms. The summed E-state index contributed by atoms with van der Waals surface area (Å²) < 4.78 is 0. The normalized spacial score (nSPS) is 8.12. The van der Waals surface area contributed by atoms with Crippen molar-refractivity contribution in [2.24, 2.45) is 4.99 Å². The molecule has 8 heavy (non-hydrogen) atoms. The van der Waals surface area contributed by atoms with Gasteiger partial charge in [-0.1, -0.05) is 0 Å². The fourth-order valence-electron chi connectivity index (χ4n) is 0.201. The molecule has 0 atom stereocenters. The Morgan fingerprint density at radius 1 is 1.75 bits per heavy atom. The molecular weight excluding hydrogens is 142 g/mol. The van der Waals surface area contributed by atoms with Crippen molar-refractivity contribution in [3.63, 3.8) is 0 Å². The highest BCUT2D eigenvalue weighted by Crippen LogP contribution is 1.98. The Morgan fingerprint density at radius 3 is 3.00 bits per heavy atom. The lowest BCUT2D eigenvalue weighted by Crippen LogP contribution is -1.79. The molecule has 0 amide bonds. The lowest BCUT2D eigenvalue weighted by atomic mass is 11.0. The summed E-state index contributed by atoms with van der Waals surface area (Å²) in [5.41, 5.74) is 0. The second-order valence-corrected chi connectivity index (χ2v) is 2.53. The Labute approximate surface area is 58.2 Å². The second-order valence-electron chi connectivity index (χ2n) is 1.01. The lowest BCUT2D eigenvalue weighted by Gasteiger charge is -1.86. The van der Waals surface area contributed by atoms with Crippen LogP contribution in [-0.4, -0.2) is 23.5 Å². The molecule has 0 spiro atoms. The molecule has 0 heterocycles. The first kappa shape index (κ1) is 8.08. The number of carbonyl (C=O) groups excluding carboxylic acids is 1. The van der Waals surface area contributed by atoms with Crippen LogP contribution in [-0.2, 0) is 4.79 Å². The Balaban J connectivity index is 2.82. The van der Waals surface area contributed by atoms with Gasteiger partial charge in [0.2, 0.25) is 6.08 Å². The molecule has 0 rings (SSSR count). The monoisotopic (exact) mass is 149 g/mol. The number of thioether (sulfide) groups is 1. The summed E-state index contributed by atoms with van der Waals surface area (Å²) in [4.78, 5) is 12.8. The molecule has 0 saturated heterocycles. The number of hydrogen-bond donors (Lipinski definition) is 1. The van der Waals surface area contributed by atoms with E-state index in [4.69, 9.17) is 0 Å². The topological polar surface area (TPSA) is 29.4 Å². The molecule has 0 aromatic rings. The highest BCUT2D eigenvalue weighted by molar-refractivity contribution is 7.99. The van der Waals surface area contributed by atoms with Gasteiger partial charge in [0.05, 0.1) is 5.88 Å². The maximum Gasteiger partial charge on any atom is 0.235 e. The van der Waals surface area contributed by atoms with E-state index in [-0.39, 0.29) is 0 Å².